The lowest BCUT2D eigenvalue weighted by Crippen LogP contribution is -2.36. The molecule has 0 aliphatic heterocycles. The van der Waals surface area contributed by atoms with Crippen molar-refractivity contribution in [1.82, 2.24) is 9.80 Å². The minimum atomic E-state index is 0.804. The second-order valence-electron chi connectivity index (χ2n) is 6.89. The number of benzene rings is 1. The van der Waals surface area contributed by atoms with Crippen LogP contribution in [-0.4, -0.2) is 42.1 Å². The van der Waals surface area contributed by atoms with E-state index >= 15 is 0 Å². The van der Waals surface area contributed by atoms with E-state index in [4.69, 9.17) is 12.2 Å². The lowest BCUT2D eigenvalue weighted by molar-refractivity contribution is 0.347. The molecule has 2 rings (SSSR count). The first-order valence-electron chi connectivity index (χ1n) is 9.40. The Balaban J connectivity index is 1.95. The van der Waals surface area contributed by atoms with E-state index in [1.54, 1.807) is 11.3 Å². The molecule has 1 aromatic carbocycles. The van der Waals surface area contributed by atoms with Crippen molar-refractivity contribution in [2.45, 2.75) is 39.2 Å². The number of hydrogen-bond acceptors (Lipinski definition) is 3. The highest BCUT2D eigenvalue weighted by atomic mass is 32.1. The second kappa shape index (κ2) is 11.3. The molecule has 0 spiro atoms. The maximum absolute atomic E-state index is 5.72. The molecule has 5 heteroatoms. The fourth-order valence-electron chi connectivity index (χ4n) is 2.76. The molecule has 0 radical (unpaired) electrons. The minimum Gasteiger partial charge on any atom is -0.344 e. The summed E-state index contributed by atoms with van der Waals surface area (Å²) in [5.74, 6) is 0. The molecule has 0 fully saturated rings. The first-order valence-corrected chi connectivity index (χ1v) is 10.7. The zero-order chi connectivity index (χ0) is 18.8. The van der Waals surface area contributed by atoms with E-state index in [2.05, 4.69) is 77.9 Å². The molecule has 0 aliphatic rings. The third-order valence-electron chi connectivity index (χ3n) is 4.27. The maximum Gasteiger partial charge on any atom is 0.173 e. The highest BCUT2D eigenvalue weighted by Gasteiger charge is 2.11. The van der Waals surface area contributed by atoms with Crippen molar-refractivity contribution >= 4 is 34.4 Å². The molecule has 2 aromatic rings. The van der Waals surface area contributed by atoms with E-state index in [-0.39, 0.29) is 0 Å². The van der Waals surface area contributed by atoms with Crippen LogP contribution >= 0.6 is 23.6 Å². The number of unbranched alkanes of at least 4 members (excludes halogenated alkanes) is 1. The smallest absolute Gasteiger partial charge is 0.173 e. The third-order valence-corrected chi connectivity index (χ3v) is 5.49. The number of hydrogen-bond donors (Lipinski definition) is 1. The molecule has 3 nitrogen and oxygen atoms in total. The van der Waals surface area contributed by atoms with Crippen molar-refractivity contribution < 1.29 is 0 Å². The predicted molar refractivity (Wildman–Crippen MR) is 119 cm³/mol. The highest BCUT2D eigenvalue weighted by molar-refractivity contribution is 7.80. The summed E-state index contributed by atoms with van der Waals surface area (Å²) in [6.07, 6.45) is 4.72. The monoisotopic (exact) mass is 389 g/mol. The maximum atomic E-state index is 5.72. The zero-order valence-electron chi connectivity index (χ0n) is 16.2. The van der Waals surface area contributed by atoms with E-state index < -0.39 is 0 Å². The zero-order valence-corrected chi connectivity index (χ0v) is 17.8. The molecule has 0 aliphatic carbocycles. The second-order valence-corrected chi connectivity index (χ2v) is 8.31. The molecular formula is C21H31N3S2. The number of thiophene rings is 1. The molecule has 1 N–H and O–H groups in total. The quantitative estimate of drug-likeness (QED) is 0.560. The van der Waals surface area contributed by atoms with Crippen LogP contribution < -0.4 is 5.32 Å². The summed E-state index contributed by atoms with van der Waals surface area (Å²) in [5.41, 5.74) is 2.46. The van der Waals surface area contributed by atoms with Crippen LogP contribution in [0.4, 0.5) is 5.69 Å². The van der Waals surface area contributed by atoms with Crippen LogP contribution in [0.2, 0.25) is 0 Å². The summed E-state index contributed by atoms with van der Waals surface area (Å²) < 4.78 is 0. The number of rotatable bonds is 10. The van der Waals surface area contributed by atoms with Gasteiger partial charge in [-0.1, -0.05) is 31.5 Å². The van der Waals surface area contributed by atoms with Gasteiger partial charge in [-0.2, -0.15) is 0 Å². The largest absolute Gasteiger partial charge is 0.344 e. The van der Waals surface area contributed by atoms with Crippen molar-refractivity contribution in [3.63, 3.8) is 0 Å². The van der Waals surface area contributed by atoms with Crippen molar-refractivity contribution in [2.75, 3.05) is 32.5 Å². The van der Waals surface area contributed by atoms with Crippen molar-refractivity contribution in [2.24, 2.45) is 0 Å². The van der Waals surface area contributed by atoms with Gasteiger partial charge < -0.3 is 15.1 Å². The van der Waals surface area contributed by atoms with E-state index in [0.29, 0.717) is 0 Å². The predicted octanol–water partition coefficient (Wildman–Crippen LogP) is 5.24. The van der Waals surface area contributed by atoms with Crippen LogP contribution in [0.1, 0.15) is 36.6 Å². The van der Waals surface area contributed by atoms with Gasteiger partial charge in [0.1, 0.15) is 0 Å². The lowest BCUT2D eigenvalue weighted by Gasteiger charge is -2.26. The Labute approximate surface area is 168 Å². The highest BCUT2D eigenvalue weighted by Crippen LogP contribution is 2.16. The Kier molecular flexibility index (Phi) is 9.09. The van der Waals surface area contributed by atoms with Gasteiger partial charge in [-0.3, -0.25) is 0 Å². The van der Waals surface area contributed by atoms with Crippen LogP contribution in [0.5, 0.6) is 0 Å². The summed E-state index contributed by atoms with van der Waals surface area (Å²) in [7, 11) is 4.22. The van der Waals surface area contributed by atoms with Gasteiger partial charge in [-0.15, -0.1) is 11.3 Å². The van der Waals surface area contributed by atoms with Gasteiger partial charge in [-0.25, -0.2) is 0 Å². The van der Waals surface area contributed by atoms with Gasteiger partial charge in [0.2, 0.25) is 0 Å². The molecule has 0 unspecified atom stereocenters. The van der Waals surface area contributed by atoms with Gasteiger partial charge >= 0.3 is 0 Å². The van der Waals surface area contributed by atoms with Gasteiger partial charge in [0.25, 0.3) is 0 Å². The van der Waals surface area contributed by atoms with Crippen LogP contribution in [0.15, 0.2) is 41.8 Å². The molecule has 0 bridgehead atoms. The Morgan fingerprint density at radius 2 is 1.85 bits per heavy atom. The molecule has 0 atom stereocenters. The fourth-order valence-corrected chi connectivity index (χ4v) is 3.75. The van der Waals surface area contributed by atoms with Gasteiger partial charge in [0.05, 0.1) is 6.54 Å². The van der Waals surface area contributed by atoms with Crippen LogP contribution in [-0.2, 0) is 13.0 Å². The van der Waals surface area contributed by atoms with Crippen LogP contribution in [0.3, 0.4) is 0 Å². The average Bonchev–Trinajstić information content (AvgIpc) is 3.13. The number of anilines is 1. The topological polar surface area (TPSA) is 18.5 Å². The number of thiocarbonyl (C=S) groups is 1. The Morgan fingerprint density at radius 1 is 1.08 bits per heavy atom. The molecule has 0 amide bonds. The van der Waals surface area contributed by atoms with Crippen molar-refractivity contribution in [3.8, 4) is 0 Å². The van der Waals surface area contributed by atoms with Crippen molar-refractivity contribution in [1.29, 1.82) is 0 Å². The first-order chi connectivity index (χ1) is 12.6. The number of nitrogens with one attached hydrogen (secondary N) is 1. The molecule has 0 saturated heterocycles. The molecule has 26 heavy (non-hydrogen) atoms. The summed E-state index contributed by atoms with van der Waals surface area (Å²) in [6, 6.07) is 13.0. The number of aryl methyl sites for hydroxylation is 1. The summed E-state index contributed by atoms with van der Waals surface area (Å²) in [6.45, 7) is 5.12. The summed E-state index contributed by atoms with van der Waals surface area (Å²) in [5, 5.41) is 6.35. The van der Waals surface area contributed by atoms with Gasteiger partial charge in [0, 0.05) is 17.1 Å². The van der Waals surface area contributed by atoms with Crippen LogP contribution in [0, 0.1) is 0 Å². The summed E-state index contributed by atoms with van der Waals surface area (Å²) in [4.78, 5) is 5.83. The molecule has 1 heterocycles. The van der Waals surface area contributed by atoms with Crippen LogP contribution in [0.25, 0.3) is 0 Å². The Morgan fingerprint density at radius 3 is 2.46 bits per heavy atom. The summed E-state index contributed by atoms with van der Waals surface area (Å²) >= 11 is 7.50. The molecule has 142 valence electrons. The van der Waals surface area contributed by atoms with E-state index in [0.717, 1.165) is 43.3 Å². The lowest BCUT2D eigenvalue weighted by atomic mass is 10.1. The Hall–Kier alpha value is -1.43. The molecule has 1 aromatic heterocycles. The van der Waals surface area contributed by atoms with E-state index in [1.165, 1.54) is 23.3 Å². The fraction of sp³-hybridized carbons (Fsp3) is 0.476. The normalized spacial score (nSPS) is 10.9. The van der Waals surface area contributed by atoms with Gasteiger partial charge in [0.15, 0.2) is 5.11 Å². The average molecular weight is 390 g/mol. The third kappa shape index (κ3) is 7.44. The molecule has 0 saturated carbocycles. The standard InChI is InChI=1S/C21H31N3S2/c1-4-5-8-18-10-12-19(13-11-18)22-21(25)24(15-7-14-23(2)3)17-20-9-6-16-26-20/h6,9-13,16H,4-5,7-8,14-15,17H2,1-3H3,(H,22,25). The molecular weight excluding hydrogens is 358 g/mol. The number of nitrogens with zero attached hydrogens (tertiary/aromatic N) is 2. The minimum absolute atomic E-state index is 0.804. The Bertz CT molecular complexity index is 636. The van der Waals surface area contributed by atoms with E-state index in [1.807, 2.05) is 0 Å². The first kappa shape index (κ1) is 20.9. The SMILES string of the molecule is CCCCc1ccc(NC(=S)N(CCCN(C)C)Cc2cccs2)cc1. The van der Waals surface area contributed by atoms with Crippen molar-refractivity contribution in [3.05, 3.63) is 52.2 Å². The van der Waals surface area contributed by atoms with E-state index in [9.17, 15) is 0 Å². The van der Waals surface area contributed by atoms with Gasteiger partial charge in [-0.05, 0) is 81.3 Å².